The first kappa shape index (κ1) is 16.0. The van der Waals surface area contributed by atoms with Crippen LogP contribution < -0.4 is 5.32 Å². The van der Waals surface area contributed by atoms with Crippen molar-refractivity contribution in [2.45, 2.75) is 59.0 Å². The Kier molecular flexibility index (Phi) is 9.07. The molecule has 0 radical (unpaired) electrons. The molecule has 0 aliphatic heterocycles. The van der Waals surface area contributed by atoms with Gasteiger partial charge in [-0.15, -0.1) is 0 Å². The maximum atomic E-state index is 5.67. The van der Waals surface area contributed by atoms with Gasteiger partial charge in [0.2, 0.25) is 0 Å². The zero-order chi connectivity index (χ0) is 13.8. The first-order chi connectivity index (χ1) is 9.36. The minimum absolute atomic E-state index is 0.620. The molecule has 0 aliphatic rings. The molecule has 0 amide bonds. The van der Waals surface area contributed by atoms with Crippen molar-refractivity contribution in [1.29, 1.82) is 0 Å². The largest absolute Gasteiger partial charge is 0.385 e. The summed E-state index contributed by atoms with van der Waals surface area (Å²) in [6.07, 6.45) is 9.38. The molecule has 0 bridgehead atoms. The fraction of sp³-hybridized carbons (Fsp3) is 0.688. The van der Waals surface area contributed by atoms with E-state index in [0.717, 1.165) is 37.4 Å². The Morgan fingerprint density at radius 2 is 1.95 bits per heavy atom. The molecule has 1 heterocycles. The number of pyridine rings is 1. The van der Waals surface area contributed by atoms with Gasteiger partial charge in [0, 0.05) is 25.0 Å². The fourth-order valence-corrected chi connectivity index (χ4v) is 1.92. The molecule has 3 nitrogen and oxygen atoms in total. The Bertz CT molecular complexity index is 328. The van der Waals surface area contributed by atoms with Crippen molar-refractivity contribution in [3.05, 3.63) is 24.0 Å². The Labute approximate surface area is 117 Å². The highest BCUT2D eigenvalue weighted by molar-refractivity contribution is 5.42. The first-order valence-electron chi connectivity index (χ1n) is 7.63. The minimum Gasteiger partial charge on any atom is -0.385 e. The monoisotopic (exact) mass is 264 g/mol. The van der Waals surface area contributed by atoms with Crippen molar-refractivity contribution in [3.8, 4) is 0 Å². The number of ether oxygens (including phenoxy) is 1. The molecule has 0 aliphatic carbocycles. The number of aromatic nitrogens is 1. The predicted octanol–water partition coefficient (Wildman–Crippen LogP) is 4.39. The van der Waals surface area contributed by atoms with E-state index in [9.17, 15) is 0 Å². The molecule has 0 unspecified atom stereocenters. The van der Waals surface area contributed by atoms with Crippen molar-refractivity contribution in [3.63, 3.8) is 0 Å². The molecule has 1 rings (SSSR count). The van der Waals surface area contributed by atoms with Crippen LogP contribution in [0.3, 0.4) is 0 Å². The highest BCUT2D eigenvalue weighted by Crippen LogP contribution is 2.09. The average Bonchev–Trinajstić information content (AvgIpc) is 2.44. The van der Waals surface area contributed by atoms with Crippen LogP contribution in [-0.4, -0.2) is 18.1 Å². The summed E-state index contributed by atoms with van der Waals surface area (Å²) in [6, 6.07) is 4.08. The second kappa shape index (κ2) is 10.8. The number of unbranched alkanes of at least 4 members (excludes halogenated alkanes) is 4. The number of rotatable bonds is 11. The summed E-state index contributed by atoms with van der Waals surface area (Å²) < 4.78 is 5.67. The van der Waals surface area contributed by atoms with Gasteiger partial charge >= 0.3 is 0 Å². The van der Waals surface area contributed by atoms with Crippen LogP contribution >= 0.6 is 0 Å². The lowest BCUT2D eigenvalue weighted by Crippen LogP contribution is -2.02. The minimum atomic E-state index is 0.620. The van der Waals surface area contributed by atoms with Crippen molar-refractivity contribution >= 4 is 5.69 Å². The van der Waals surface area contributed by atoms with Crippen LogP contribution in [0.5, 0.6) is 0 Å². The zero-order valence-electron chi connectivity index (χ0n) is 12.5. The smallest absolute Gasteiger partial charge is 0.0888 e. The molecule has 1 aromatic heterocycles. The van der Waals surface area contributed by atoms with Gasteiger partial charge in [0.15, 0.2) is 0 Å². The fourth-order valence-electron chi connectivity index (χ4n) is 1.92. The van der Waals surface area contributed by atoms with Crippen molar-refractivity contribution < 1.29 is 4.74 Å². The van der Waals surface area contributed by atoms with Gasteiger partial charge in [-0.05, 0) is 25.0 Å². The molecule has 0 saturated heterocycles. The van der Waals surface area contributed by atoms with E-state index in [0.29, 0.717) is 6.61 Å². The summed E-state index contributed by atoms with van der Waals surface area (Å²) in [5.41, 5.74) is 2.15. The van der Waals surface area contributed by atoms with Gasteiger partial charge in [-0.25, -0.2) is 0 Å². The van der Waals surface area contributed by atoms with E-state index < -0.39 is 0 Å². The summed E-state index contributed by atoms with van der Waals surface area (Å²) in [7, 11) is 0. The molecular formula is C16H28N2O. The van der Waals surface area contributed by atoms with E-state index in [2.05, 4.69) is 30.2 Å². The Balaban J connectivity index is 2.14. The van der Waals surface area contributed by atoms with E-state index in [4.69, 9.17) is 4.74 Å². The highest BCUT2D eigenvalue weighted by Gasteiger charge is 1.97. The number of anilines is 1. The van der Waals surface area contributed by atoms with Gasteiger partial charge in [0.25, 0.3) is 0 Å². The third-order valence-electron chi connectivity index (χ3n) is 3.04. The number of hydrogen-bond acceptors (Lipinski definition) is 3. The van der Waals surface area contributed by atoms with Gasteiger partial charge in [-0.2, -0.15) is 0 Å². The molecule has 0 atom stereocenters. The quantitative estimate of drug-likeness (QED) is 0.602. The topological polar surface area (TPSA) is 34.1 Å². The van der Waals surface area contributed by atoms with Gasteiger partial charge in [0.1, 0.15) is 0 Å². The van der Waals surface area contributed by atoms with Crippen LogP contribution in [-0.2, 0) is 11.3 Å². The molecule has 0 aromatic carbocycles. The molecule has 0 saturated carbocycles. The van der Waals surface area contributed by atoms with Gasteiger partial charge in [0.05, 0.1) is 12.3 Å². The van der Waals surface area contributed by atoms with Crippen LogP contribution in [0.4, 0.5) is 5.69 Å². The Morgan fingerprint density at radius 1 is 1.11 bits per heavy atom. The number of hydrogen-bond donors (Lipinski definition) is 1. The molecule has 108 valence electrons. The molecule has 1 N–H and O–H groups in total. The SMILES string of the molecule is CCCCCCCOCc1cc(NCCC)ccn1. The number of nitrogens with zero attached hydrogens (tertiary/aromatic N) is 1. The third kappa shape index (κ3) is 7.83. The lowest BCUT2D eigenvalue weighted by atomic mass is 10.2. The van der Waals surface area contributed by atoms with E-state index in [1.54, 1.807) is 0 Å². The van der Waals surface area contributed by atoms with Crippen LogP contribution in [0.1, 0.15) is 58.1 Å². The predicted molar refractivity (Wildman–Crippen MR) is 81.4 cm³/mol. The number of nitrogens with one attached hydrogen (secondary N) is 1. The van der Waals surface area contributed by atoms with Crippen molar-refractivity contribution in [2.24, 2.45) is 0 Å². The second-order valence-electron chi connectivity index (χ2n) is 4.93. The summed E-state index contributed by atoms with van der Waals surface area (Å²) in [4.78, 5) is 4.33. The van der Waals surface area contributed by atoms with Gasteiger partial charge in [-0.3, -0.25) is 4.98 Å². The summed E-state index contributed by atoms with van der Waals surface area (Å²) in [6.45, 7) is 6.87. The molecule has 1 aromatic rings. The average molecular weight is 264 g/mol. The van der Waals surface area contributed by atoms with E-state index in [1.165, 1.54) is 25.7 Å². The molecule has 0 spiro atoms. The third-order valence-corrected chi connectivity index (χ3v) is 3.04. The second-order valence-corrected chi connectivity index (χ2v) is 4.93. The Morgan fingerprint density at radius 3 is 2.74 bits per heavy atom. The molecule has 0 fully saturated rings. The van der Waals surface area contributed by atoms with E-state index in [1.807, 2.05) is 12.3 Å². The lowest BCUT2D eigenvalue weighted by molar-refractivity contribution is 0.114. The lowest BCUT2D eigenvalue weighted by Gasteiger charge is -2.07. The molecular weight excluding hydrogens is 236 g/mol. The summed E-state index contributed by atoms with van der Waals surface area (Å²) in [5.74, 6) is 0. The van der Waals surface area contributed by atoms with Gasteiger partial charge < -0.3 is 10.1 Å². The van der Waals surface area contributed by atoms with Crippen LogP contribution in [0, 0.1) is 0 Å². The van der Waals surface area contributed by atoms with Crippen LogP contribution in [0.2, 0.25) is 0 Å². The highest BCUT2D eigenvalue weighted by atomic mass is 16.5. The Hall–Kier alpha value is -1.09. The summed E-state index contributed by atoms with van der Waals surface area (Å²) in [5, 5.41) is 3.36. The molecule has 19 heavy (non-hydrogen) atoms. The van der Waals surface area contributed by atoms with Crippen molar-refractivity contribution in [2.75, 3.05) is 18.5 Å². The molecule has 3 heteroatoms. The van der Waals surface area contributed by atoms with E-state index in [-0.39, 0.29) is 0 Å². The normalized spacial score (nSPS) is 10.6. The van der Waals surface area contributed by atoms with E-state index >= 15 is 0 Å². The van der Waals surface area contributed by atoms with Crippen LogP contribution in [0.25, 0.3) is 0 Å². The maximum absolute atomic E-state index is 5.67. The summed E-state index contributed by atoms with van der Waals surface area (Å²) >= 11 is 0. The first-order valence-corrected chi connectivity index (χ1v) is 7.63. The van der Waals surface area contributed by atoms with Crippen LogP contribution in [0.15, 0.2) is 18.3 Å². The van der Waals surface area contributed by atoms with Gasteiger partial charge in [-0.1, -0.05) is 39.5 Å². The maximum Gasteiger partial charge on any atom is 0.0888 e. The zero-order valence-corrected chi connectivity index (χ0v) is 12.5. The standard InChI is InChI=1S/C16H28N2O/c1-3-5-6-7-8-12-19-14-16-13-15(9-11-18-16)17-10-4-2/h9,11,13H,3-8,10,12,14H2,1-2H3,(H,17,18). The van der Waals surface area contributed by atoms with Crippen molar-refractivity contribution in [1.82, 2.24) is 4.98 Å².